The predicted octanol–water partition coefficient (Wildman–Crippen LogP) is 3.65. The molecule has 0 aliphatic heterocycles. The Morgan fingerprint density at radius 3 is 2.33 bits per heavy atom. The monoisotopic (exact) mass is 216 g/mol. The minimum atomic E-state index is 0.794. The quantitative estimate of drug-likeness (QED) is 0.491. The lowest BCUT2D eigenvalue weighted by Gasteiger charge is -2.10. The van der Waals surface area contributed by atoms with E-state index in [0.717, 1.165) is 38.8 Å². The van der Waals surface area contributed by atoms with Crippen LogP contribution in [-0.2, 0) is 9.47 Å². The third-order valence-electron chi connectivity index (χ3n) is 2.54. The molecule has 0 aromatic rings. The molecule has 0 aliphatic rings. The first-order valence-electron chi connectivity index (χ1n) is 6.46. The lowest BCUT2D eigenvalue weighted by Crippen LogP contribution is -2.03. The van der Waals surface area contributed by atoms with Crippen molar-refractivity contribution >= 4 is 0 Å². The summed E-state index contributed by atoms with van der Waals surface area (Å²) in [6.45, 7) is 10.1. The van der Waals surface area contributed by atoms with Gasteiger partial charge in [0.1, 0.15) is 0 Å². The summed E-state index contributed by atoms with van der Waals surface area (Å²) in [6.07, 6.45) is 6.13. The van der Waals surface area contributed by atoms with E-state index in [1.165, 1.54) is 25.7 Å². The second-order valence-electron chi connectivity index (χ2n) is 4.20. The summed E-state index contributed by atoms with van der Waals surface area (Å²) in [4.78, 5) is 0. The maximum Gasteiger partial charge on any atom is 0.0468 e. The number of unbranched alkanes of at least 4 members (excludes halogenated alkanes) is 1. The summed E-state index contributed by atoms with van der Waals surface area (Å²) >= 11 is 0. The second kappa shape index (κ2) is 12.0. The van der Waals surface area contributed by atoms with E-state index in [1.807, 2.05) is 0 Å². The lowest BCUT2D eigenvalue weighted by atomic mass is 10.0. The molecule has 0 bridgehead atoms. The van der Waals surface area contributed by atoms with Crippen LogP contribution < -0.4 is 0 Å². The molecule has 0 fully saturated rings. The average Bonchev–Trinajstić information content (AvgIpc) is 2.23. The van der Waals surface area contributed by atoms with Gasteiger partial charge in [-0.25, -0.2) is 0 Å². The highest BCUT2D eigenvalue weighted by molar-refractivity contribution is 4.53. The third-order valence-corrected chi connectivity index (χ3v) is 2.54. The molecule has 0 rings (SSSR count). The Kier molecular flexibility index (Phi) is 11.9. The SMILES string of the molecule is CCCOCCCCC(C)CCOCC. The highest BCUT2D eigenvalue weighted by atomic mass is 16.5. The van der Waals surface area contributed by atoms with Gasteiger partial charge in [-0.05, 0) is 32.1 Å². The number of ether oxygens (including phenoxy) is 2. The lowest BCUT2D eigenvalue weighted by molar-refractivity contribution is 0.123. The molecule has 0 amide bonds. The van der Waals surface area contributed by atoms with Crippen LogP contribution in [0.25, 0.3) is 0 Å². The van der Waals surface area contributed by atoms with Crippen molar-refractivity contribution in [1.82, 2.24) is 0 Å². The van der Waals surface area contributed by atoms with Crippen LogP contribution in [0, 0.1) is 5.92 Å². The van der Waals surface area contributed by atoms with Crippen LogP contribution in [0.1, 0.15) is 52.9 Å². The Morgan fingerprint density at radius 2 is 1.67 bits per heavy atom. The summed E-state index contributed by atoms with van der Waals surface area (Å²) in [7, 11) is 0. The van der Waals surface area contributed by atoms with Crippen molar-refractivity contribution in [3.05, 3.63) is 0 Å². The van der Waals surface area contributed by atoms with Crippen LogP contribution in [-0.4, -0.2) is 26.4 Å². The molecule has 92 valence electrons. The Morgan fingerprint density at radius 1 is 0.867 bits per heavy atom. The highest BCUT2D eigenvalue weighted by Gasteiger charge is 2.01. The minimum absolute atomic E-state index is 0.794. The topological polar surface area (TPSA) is 18.5 Å². The minimum Gasteiger partial charge on any atom is -0.382 e. The van der Waals surface area contributed by atoms with E-state index >= 15 is 0 Å². The molecular weight excluding hydrogens is 188 g/mol. The van der Waals surface area contributed by atoms with Crippen molar-refractivity contribution in [2.45, 2.75) is 52.9 Å². The van der Waals surface area contributed by atoms with Gasteiger partial charge in [-0.15, -0.1) is 0 Å². The fraction of sp³-hybridized carbons (Fsp3) is 1.00. The molecular formula is C13H28O2. The summed E-state index contributed by atoms with van der Waals surface area (Å²) in [5.74, 6) is 0.794. The van der Waals surface area contributed by atoms with Crippen LogP contribution in [0.15, 0.2) is 0 Å². The fourth-order valence-electron chi connectivity index (χ4n) is 1.52. The Balaban J connectivity index is 3.06. The molecule has 1 atom stereocenters. The Hall–Kier alpha value is -0.0800. The van der Waals surface area contributed by atoms with Crippen molar-refractivity contribution in [2.75, 3.05) is 26.4 Å². The van der Waals surface area contributed by atoms with Crippen LogP contribution in [0.3, 0.4) is 0 Å². The zero-order valence-corrected chi connectivity index (χ0v) is 10.8. The van der Waals surface area contributed by atoms with Crippen molar-refractivity contribution in [2.24, 2.45) is 5.92 Å². The molecule has 2 heteroatoms. The van der Waals surface area contributed by atoms with Crippen molar-refractivity contribution < 1.29 is 9.47 Å². The van der Waals surface area contributed by atoms with Gasteiger partial charge in [0.05, 0.1) is 0 Å². The van der Waals surface area contributed by atoms with Crippen LogP contribution in [0.2, 0.25) is 0 Å². The Bertz CT molecular complexity index is 115. The van der Waals surface area contributed by atoms with Gasteiger partial charge in [0.25, 0.3) is 0 Å². The molecule has 0 N–H and O–H groups in total. The Labute approximate surface area is 95.3 Å². The summed E-state index contributed by atoms with van der Waals surface area (Å²) in [5.41, 5.74) is 0. The van der Waals surface area contributed by atoms with Gasteiger partial charge in [0.2, 0.25) is 0 Å². The van der Waals surface area contributed by atoms with E-state index in [2.05, 4.69) is 20.8 Å². The number of hydrogen-bond donors (Lipinski definition) is 0. The molecule has 2 nitrogen and oxygen atoms in total. The van der Waals surface area contributed by atoms with Gasteiger partial charge in [0.15, 0.2) is 0 Å². The predicted molar refractivity (Wildman–Crippen MR) is 65.2 cm³/mol. The van der Waals surface area contributed by atoms with Gasteiger partial charge in [0, 0.05) is 26.4 Å². The first-order valence-corrected chi connectivity index (χ1v) is 6.46. The molecule has 0 radical (unpaired) electrons. The van der Waals surface area contributed by atoms with E-state index in [9.17, 15) is 0 Å². The molecule has 0 aliphatic carbocycles. The van der Waals surface area contributed by atoms with Gasteiger partial charge >= 0.3 is 0 Å². The van der Waals surface area contributed by atoms with Crippen LogP contribution >= 0.6 is 0 Å². The van der Waals surface area contributed by atoms with Crippen LogP contribution in [0.5, 0.6) is 0 Å². The van der Waals surface area contributed by atoms with E-state index in [1.54, 1.807) is 0 Å². The van der Waals surface area contributed by atoms with Crippen molar-refractivity contribution in [1.29, 1.82) is 0 Å². The fourth-order valence-corrected chi connectivity index (χ4v) is 1.52. The molecule has 0 spiro atoms. The summed E-state index contributed by atoms with van der Waals surface area (Å²) < 4.78 is 10.8. The molecule has 0 saturated carbocycles. The molecule has 0 aromatic heterocycles. The zero-order chi connectivity index (χ0) is 11.4. The van der Waals surface area contributed by atoms with Gasteiger partial charge < -0.3 is 9.47 Å². The number of rotatable bonds is 11. The highest BCUT2D eigenvalue weighted by Crippen LogP contribution is 2.11. The van der Waals surface area contributed by atoms with Gasteiger partial charge in [-0.2, -0.15) is 0 Å². The number of hydrogen-bond acceptors (Lipinski definition) is 2. The summed E-state index contributed by atoms with van der Waals surface area (Å²) in [6, 6.07) is 0. The van der Waals surface area contributed by atoms with E-state index in [4.69, 9.17) is 9.47 Å². The molecule has 1 unspecified atom stereocenters. The smallest absolute Gasteiger partial charge is 0.0468 e. The van der Waals surface area contributed by atoms with E-state index in [0.29, 0.717) is 0 Å². The van der Waals surface area contributed by atoms with E-state index < -0.39 is 0 Å². The summed E-state index contributed by atoms with van der Waals surface area (Å²) in [5, 5.41) is 0. The third kappa shape index (κ3) is 11.8. The standard InChI is InChI=1S/C13H28O2/c1-4-10-15-11-7-6-8-13(3)9-12-14-5-2/h13H,4-12H2,1-3H3. The molecule has 0 heterocycles. The largest absolute Gasteiger partial charge is 0.382 e. The van der Waals surface area contributed by atoms with Crippen molar-refractivity contribution in [3.63, 3.8) is 0 Å². The van der Waals surface area contributed by atoms with Gasteiger partial charge in [-0.1, -0.05) is 26.7 Å². The van der Waals surface area contributed by atoms with E-state index in [-0.39, 0.29) is 0 Å². The first-order chi connectivity index (χ1) is 7.31. The van der Waals surface area contributed by atoms with Crippen LogP contribution in [0.4, 0.5) is 0 Å². The normalized spacial score (nSPS) is 13.0. The van der Waals surface area contributed by atoms with Gasteiger partial charge in [-0.3, -0.25) is 0 Å². The molecule has 0 aromatic carbocycles. The zero-order valence-electron chi connectivity index (χ0n) is 10.8. The molecule has 15 heavy (non-hydrogen) atoms. The van der Waals surface area contributed by atoms with Crippen molar-refractivity contribution in [3.8, 4) is 0 Å². The maximum atomic E-state index is 5.44. The maximum absolute atomic E-state index is 5.44. The first kappa shape index (κ1) is 14.9. The molecule has 0 saturated heterocycles. The average molecular weight is 216 g/mol. The second-order valence-corrected chi connectivity index (χ2v) is 4.20.